The number of hydrogen-bond acceptors (Lipinski definition) is 5. The van der Waals surface area contributed by atoms with Crippen LogP contribution < -0.4 is 16.2 Å². The molecule has 0 fully saturated rings. The minimum atomic E-state index is -0.266. The normalized spacial score (nSPS) is 10.3. The molecule has 0 aliphatic heterocycles. The van der Waals surface area contributed by atoms with E-state index in [-0.39, 0.29) is 18.0 Å². The van der Waals surface area contributed by atoms with Crippen LogP contribution >= 0.6 is 15.9 Å². The molecule has 1 heterocycles. The first kappa shape index (κ1) is 15.6. The van der Waals surface area contributed by atoms with Crippen LogP contribution in [0.3, 0.4) is 0 Å². The maximum atomic E-state index is 11.9. The van der Waals surface area contributed by atoms with Crippen LogP contribution in [0.1, 0.15) is 6.92 Å². The predicted octanol–water partition coefficient (Wildman–Crippen LogP) is 0.200. The maximum absolute atomic E-state index is 11.9. The third-order valence-electron chi connectivity index (χ3n) is 2.31. The largest absolute Gasteiger partial charge is 0.383 e. The summed E-state index contributed by atoms with van der Waals surface area (Å²) in [5.41, 5.74) is 0.225. The Morgan fingerprint density at radius 2 is 2.32 bits per heavy atom. The molecule has 0 saturated heterocycles. The standard InChI is InChI=1S/C11H17BrN4O3/c1-3-13-9(17)7-14-8-6-15-16(4-5-19-2)11(18)10(8)12/h6,14H,3-5,7H2,1-2H3,(H,13,17). The summed E-state index contributed by atoms with van der Waals surface area (Å²) in [4.78, 5) is 23.2. The number of aromatic nitrogens is 2. The second-order valence-corrected chi connectivity index (χ2v) is 4.49. The number of likely N-dealkylation sites (N-methyl/N-ethyl adjacent to an activating group) is 1. The Morgan fingerprint density at radius 1 is 1.58 bits per heavy atom. The SMILES string of the molecule is CCNC(=O)CNc1cnn(CCOC)c(=O)c1Br. The van der Waals surface area contributed by atoms with Crippen LogP contribution in [-0.4, -0.2) is 42.5 Å². The van der Waals surface area contributed by atoms with Crippen LogP contribution in [0, 0.1) is 0 Å². The highest BCUT2D eigenvalue weighted by atomic mass is 79.9. The van der Waals surface area contributed by atoms with Gasteiger partial charge in [-0.25, -0.2) is 4.68 Å². The molecule has 2 N–H and O–H groups in total. The number of methoxy groups -OCH3 is 1. The molecule has 0 aromatic carbocycles. The number of anilines is 1. The first-order chi connectivity index (χ1) is 9.10. The van der Waals surface area contributed by atoms with Crippen molar-refractivity contribution in [2.45, 2.75) is 13.5 Å². The van der Waals surface area contributed by atoms with E-state index in [1.54, 1.807) is 7.11 Å². The van der Waals surface area contributed by atoms with Gasteiger partial charge in [0.1, 0.15) is 4.47 Å². The van der Waals surface area contributed by atoms with Crippen LogP contribution in [0.2, 0.25) is 0 Å². The molecule has 19 heavy (non-hydrogen) atoms. The third kappa shape index (κ3) is 4.64. The number of ether oxygens (including phenoxy) is 1. The molecule has 106 valence electrons. The van der Waals surface area contributed by atoms with Gasteiger partial charge in [0.05, 0.1) is 31.6 Å². The first-order valence-electron chi connectivity index (χ1n) is 5.85. The molecule has 0 atom stereocenters. The van der Waals surface area contributed by atoms with Crippen molar-refractivity contribution >= 4 is 27.5 Å². The molecule has 0 aliphatic rings. The molecule has 1 aromatic rings. The summed E-state index contributed by atoms with van der Waals surface area (Å²) in [5, 5.41) is 9.51. The van der Waals surface area contributed by atoms with E-state index >= 15 is 0 Å². The smallest absolute Gasteiger partial charge is 0.283 e. The average molecular weight is 333 g/mol. The fraction of sp³-hybridized carbons (Fsp3) is 0.545. The highest BCUT2D eigenvalue weighted by molar-refractivity contribution is 9.10. The van der Waals surface area contributed by atoms with Gasteiger partial charge in [0, 0.05) is 13.7 Å². The van der Waals surface area contributed by atoms with Gasteiger partial charge in [-0.15, -0.1) is 0 Å². The van der Waals surface area contributed by atoms with E-state index in [1.807, 2.05) is 6.92 Å². The van der Waals surface area contributed by atoms with E-state index in [1.165, 1.54) is 10.9 Å². The number of nitrogens with one attached hydrogen (secondary N) is 2. The van der Waals surface area contributed by atoms with Gasteiger partial charge in [-0.1, -0.05) is 0 Å². The lowest BCUT2D eigenvalue weighted by molar-refractivity contribution is -0.119. The summed E-state index contributed by atoms with van der Waals surface area (Å²) < 4.78 is 6.54. The van der Waals surface area contributed by atoms with Crippen molar-refractivity contribution in [2.75, 3.05) is 32.1 Å². The Balaban J connectivity index is 2.73. The maximum Gasteiger partial charge on any atom is 0.283 e. The fourth-order valence-electron chi connectivity index (χ4n) is 1.36. The Morgan fingerprint density at radius 3 is 2.95 bits per heavy atom. The first-order valence-corrected chi connectivity index (χ1v) is 6.64. The summed E-state index contributed by atoms with van der Waals surface area (Å²) in [5.74, 6) is -0.141. The fourth-order valence-corrected chi connectivity index (χ4v) is 1.81. The predicted molar refractivity (Wildman–Crippen MR) is 75.2 cm³/mol. The van der Waals surface area contributed by atoms with Crippen molar-refractivity contribution in [3.63, 3.8) is 0 Å². The molecule has 1 amide bonds. The van der Waals surface area contributed by atoms with E-state index < -0.39 is 0 Å². The van der Waals surface area contributed by atoms with Crippen molar-refractivity contribution in [3.05, 3.63) is 21.0 Å². The second-order valence-electron chi connectivity index (χ2n) is 3.70. The van der Waals surface area contributed by atoms with E-state index in [2.05, 4.69) is 31.7 Å². The lowest BCUT2D eigenvalue weighted by atomic mass is 10.4. The molecule has 1 aromatic heterocycles. The number of amides is 1. The molecule has 1 rings (SSSR count). The summed E-state index contributed by atoms with van der Waals surface area (Å²) >= 11 is 3.20. The van der Waals surface area contributed by atoms with Crippen molar-refractivity contribution in [1.29, 1.82) is 0 Å². The molecule has 0 spiro atoms. The average Bonchev–Trinajstić information content (AvgIpc) is 2.40. The lowest BCUT2D eigenvalue weighted by Crippen LogP contribution is -2.31. The number of halogens is 1. The minimum absolute atomic E-state index is 0.0929. The number of rotatable bonds is 7. The molecule has 7 nitrogen and oxygen atoms in total. The summed E-state index contributed by atoms with van der Waals surface area (Å²) in [7, 11) is 1.56. The van der Waals surface area contributed by atoms with E-state index in [0.29, 0.717) is 29.9 Å². The van der Waals surface area contributed by atoms with Gasteiger partial charge in [-0.3, -0.25) is 9.59 Å². The van der Waals surface area contributed by atoms with Crippen LogP contribution in [0.15, 0.2) is 15.5 Å². The summed E-state index contributed by atoms with van der Waals surface area (Å²) in [6.07, 6.45) is 1.50. The number of nitrogens with zero attached hydrogens (tertiary/aromatic N) is 2. The van der Waals surface area contributed by atoms with Crippen molar-refractivity contribution in [3.8, 4) is 0 Å². The zero-order valence-electron chi connectivity index (χ0n) is 10.9. The quantitative estimate of drug-likeness (QED) is 0.745. The van der Waals surface area contributed by atoms with Gasteiger partial charge in [-0.2, -0.15) is 5.10 Å². The molecule has 0 radical (unpaired) electrons. The Labute approximate surface area is 119 Å². The van der Waals surface area contributed by atoms with Crippen LogP contribution in [0.5, 0.6) is 0 Å². The minimum Gasteiger partial charge on any atom is -0.383 e. The highest BCUT2D eigenvalue weighted by Crippen LogP contribution is 2.15. The molecule has 0 aliphatic carbocycles. The third-order valence-corrected chi connectivity index (χ3v) is 3.07. The monoisotopic (exact) mass is 332 g/mol. The van der Waals surface area contributed by atoms with Crippen LogP contribution in [0.25, 0.3) is 0 Å². The highest BCUT2D eigenvalue weighted by Gasteiger charge is 2.09. The molecule has 8 heteroatoms. The van der Waals surface area contributed by atoms with Crippen LogP contribution in [-0.2, 0) is 16.1 Å². The molecular formula is C11H17BrN4O3. The zero-order valence-corrected chi connectivity index (χ0v) is 12.5. The molecule has 0 bridgehead atoms. The van der Waals surface area contributed by atoms with Gasteiger partial charge in [0.25, 0.3) is 5.56 Å². The number of carbonyl (C=O) groups is 1. The van der Waals surface area contributed by atoms with E-state index in [9.17, 15) is 9.59 Å². The Bertz CT molecular complexity index is 489. The second kappa shape index (κ2) is 7.90. The lowest BCUT2D eigenvalue weighted by Gasteiger charge is -2.10. The van der Waals surface area contributed by atoms with Gasteiger partial charge < -0.3 is 15.4 Å². The van der Waals surface area contributed by atoms with Gasteiger partial charge in [0.15, 0.2) is 0 Å². The molecule has 0 saturated carbocycles. The summed E-state index contributed by atoms with van der Waals surface area (Å²) in [6, 6.07) is 0. The van der Waals surface area contributed by atoms with Crippen molar-refractivity contribution < 1.29 is 9.53 Å². The van der Waals surface area contributed by atoms with Gasteiger partial charge in [-0.05, 0) is 22.9 Å². The topological polar surface area (TPSA) is 85.2 Å². The van der Waals surface area contributed by atoms with E-state index in [4.69, 9.17) is 4.74 Å². The van der Waals surface area contributed by atoms with Crippen molar-refractivity contribution in [1.82, 2.24) is 15.1 Å². The Kier molecular flexibility index (Phi) is 6.51. The molecular weight excluding hydrogens is 316 g/mol. The number of hydrogen-bond donors (Lipinski definition) is 2. The molecule has 0 unspecified atom stereocenters. The van der Waals surface area contributed by atoms with Crippen molar-refractivity contribution in [2.24, 2.45) is 0 Å². The van der Waals surface area contributed by atoms with Crippen LogP contribution in [0.4, 0.5) is 5.69 Å². The van der Waals surface area contributed by atoms with E-state index in [0.717, 1.165) is 0 Å². The zero-order chi connectivity index (χ0) is 14.3. The van der Waals surface area contributed by atoms with Gasteiger partial charge >= 0.3 is 0 Å². The summed E-state index contributed by atoms with van der Waals surface area (Å²) in [6.45, 7) is 3.29. The van der Waals surface area contributed by atoms with Gasteiger partial charge in [0.2, 0.25) is 5.91 Å². The number of carbonyl (C=O) groups excluding carboxylic acids is 1. The Hall–Kier alpha value is -1.41.